The molecule has 0 aliphatic carbocycles. The highest BCUT2D eigenvalue weighted by Crippen LogP contribution is 2.18. The molecule has 0 radical (unpaired) electrons. The van der Waals surface area contributed by atoms with Crippen molar-refractivity contribution < 1.29 is 9.47 Å². The summed E-state index contributed by atoms with van der Waals surface area (Å²) in [5, 5.41) is 0. The van der Waals surface area contributed by atoms with Crippen LogP contribution in [0.25, 0.3) is 0 Å². The summed E-state index contributed by atoms with van der Waals surface area (Å²) in [7, 11) is 1.71. The SMILES string of the molecule is COC(C)(C)CCOC(CN)c1cccnc1. The summed E-state index contributed by atoms with van der Waals surface area (Å²) in [5.74, 6) is 0. The smallest absolute Gasteiger partial charge is 0.0961 e. The van der Waals surface area contributed by atoms with E-state index in [0.29, 0.717) is 13.2 Å². The summed E-state index contributed by atoms with van der Waals surface area (Å²) in [6, 6.07) is 3.87. The van der Waals surface area contributed by atoms with E-state index in [-0.39, 0.29) is 11.7 Å². The normalized spacial score (nSPS) is 13.6. The number of hydrogen-bond acceptors (Lipinski definition) is 4. The Bertz CT molecular complexity index is 314. The number of nitrogens with two attached hydrogens (primary N) is 1. The third-order valence-electron chi connectivity index (χ3n) is 2.85. The molecule has 0 aliphatic rings. The Balaban J connectivity index is 2.44. The van der Waals surface area contributed by atoms with Gasteiger partial charge in [-0.05, 0) is 26.3 Å². The molecule has 0 saturated heterocycles. The highest BCUT2D eigenvalue weighted by molar-refractivity contribution is 5.12. The highest BCUT2D eigenvalue weighted by atomic mass is 16.5. The third-order valence-corrected chi connectivity index (χ3v) is 2.85. The minimum absolute atomic E-state index is 0.0867. The largest absolute Gasteiger partial charge is 0.379 e. The zero-order valence-corrected chi connectivity index (χ0v) is 10.8. The van der Waals surface area contributed by atoms with E-state index in [1.165, 1.54) is 0 Å². The molecule has 1 aromatic heterocycles. The molecule has 0 saturated carbocycles. The van der Waals surface area contributed by atoms with Gasteiger partial charge in [0.15, 0.2) is 0 Å². The van der Waals surface area contributed by atoms with Crippen molar-refractivity contribution in [3.05, 3.63) is 30.1 Å². The summed E-state index contributed by atoms with van der Waals surface area (Å²) >= 11 is 0. The van der Waals surface area contributed by atoms with Gasteiger partial charge in [-0.3, -0.25) is 4.98 Å². The molecule has 0 bridgehead atoms. The van der Waals surface area contributed by atoms with Crippen molar-refractivity contribution in [1.29, 1.82) is 0 Å². The predicted octanol–water partition coefficient (Wildman–Crippen LogP) is 1.91. The second-order valence-electron chi connectivity index (χ2n) is 4.60. The maximum absolute atomic E-state index is 5.77. The lowest BCUT2D eigenvalue weighted by Crippen LogP contribution is -2.26. The monoisotopic (exact) mass is 238 g/mol. The average molecular weight is 238 g/mol. The Hall–Kier alpha value is -0.970. The van der Waals surface area contributed by atoms with Crippen LogP contribution >= 0.6 is 0 Å². The molecule has 0 amide bonds. The first-order valence-corrected chi connectivity index (χ1v) is 5.86. The average Bonchev–Trinajstić information content (AvgIpc) is 2.36. The lowest BCUT2D eigenvalue weighted by molar-refractivity contribution is -0.0257. The van der Waals surface area contributed by atoms with Crippen LogP contribution in [0.3, 0.4) is 0 Å². The Kier molecular flexibility index (Phi) is 5.55. The standard InChI is InChI=1S/C13H22N2O2/c1-13(2,16-3)6-8-17-12(9-14)11-5-4-7-15-10-11/h4-5,7,10,12H,6,8-9,14H2,1-3H3. The van der Waals surface area contributed by atoms with E-state index in [1.807, 2.05) is 26.0 Å². The number of ether oxygens (including phenoxy) is 2. The van der Waals surface area contributed by atoms with Crippen LogP contribution < -0.4 is 5.73 Å². The van der Waals surface area contributed by atoms with Crippen LogP contribution in [0.2, 0.25) is 0 Å². The minimum Gasteiger partial charge on any atom is -0.379 e. The van der Waals surface area contributed by atoms with E-state index in [1.54, 1.807) is 19.5 Å². The molecule has 4 heteroatoms. The van der Waals surface area contributed by atoms with Gasteiger partial charge in [0.05, 0.1) is 18.3 Å². The quantitative estimate of drug-likeness (QED) is 0.788. The number of rotatable bonds is 7. The molecule has 1 heterocycles. The summed E-state index contributed by atoms with van der Waals surface area (Å²) in [5.41, 5.74) is 6.56. The Morgan fingerprint density at radius 3 is 2.76 bits per heavy atom. The number of methoxy groups -OCH3 is 1. The maximum atomic E-state index is 5.77. The van der Waals surface area contributed by atoms with Gasteiger partial charge < -0.3 is 15.2 Å². The zero-order chi connectivity index (χ0) is 12.7. The van der Waals surface area contributed by atoms with Gasteiger partial charge in [0.25, 0.3) is 0 Å². The molecule has 96 valence electrons. The zero-order valence-electron chi connectivity index (χ0n) is 10.8. The van der Waals surface area contributed by atoms with Crippen LogP contribution in [0.5, 0.6) is 0 Å². The maximum Gasteiger partial charge on any atom is 0.0961 e. The summed E-state index contributed by atoms with van der Waals surface area (Å²) in [6.07, 6.45) is 4.28. The summed E-state index contributed by atoms with van der Waals surface area (Å²) in [4.78, 5) is 4.07. The van der Waals surface area contributed by atoms with E-state index >= 15 is 0 Å². The molecule has 0 fully saturated rings. The van der Waals surface area contributed by atoms with Gasteiger partial charge in [0.2, 0.25) is 0 Å². The lowest BCUT2D eigenvalue weighted by atomic mass is 10.1. The van der Waals surface area contributed by atoms with Gasteiger partial charge >= 0.3 is 0 Å². The molecule has 1 rings (SSSR count). The second-order valence-corrected chi connectivity index (χ2v) is 4.60. The summed E-state index contributed by atoms with van der Waals surface area (Å²) < 4.78 is 11.1. The van der Waals surface area contributed by atoms with Gasteiger partial charge in [-0.15, -0.1) is 0 Å². The van der Waals surface area contributed by atoms with E-state index in [4.69, 9.17) is 15.2 Å². The van der Waals surface area contributed by atoms with Crippen molar-refractivity contribution in [1.82, 2.24) is 4.98 Å². The molecular formula is C13H22N2O2. The Morgan fingerprint density at radius 1 is 1.47 bits per heavy atom. The van der Waals surface area contributed by atoms with E-state index in [0.717, 1.165) is 12.0 Å². The topological polar surface area (TPSA) is 57.4 Å². The van der Waals surface area contributed by atoms with E-state index in [2.05, 4.69) is 4.98 Å². The van der Waals surface area contributed by atoms with Crippen LogP contribution in [0.15, 0.2) is 24.5 Å². The lowest BCUT2D eigenvalue weighted by Gasteiger charge is -2.24. The third kappa shape index (κ3) is 4.81. The van der Waals surface area contributed by atoms with Crippen LogP contribution in [0.1, 0.15) is 31.9 Å². The van der Waals surface area contributed by atoms with Crippen molar-refractivity contribution in [2.75, 3.05) is 20.3 Å². The molecule has 0 aliphatic heterocycles. The van der Waals surface area contributed by atoms with Crippen LogP contribution in [0, 0.1) is 0 Å². The minimum atomic E-state index is -0.159. The number of pyridine rings is 1. The molecule has 2 N–H and O–H groups in total. The molecular weight excluding hydrogens is 216 g/mol. The van der Waals surface area contributed by atoms with Gasteiger partial charge in [0, 0.05) is 31.6 Å². The first kappa shape index (κ1) is 14.1. The highest BCUT2D eigenvalue weighted by Gasteiger charge is 2.17. The van der Waals surface area contributed by atoms with Gasteiger partial charge in [-0.1, -0.05) is 6.07 Å². The molecule has 1 atom stereocenters. The van der Waals surface area contributed by atoms with Crippen LogP contribution in [0.4, 0.5) is 0 Å². The van der Waals surface area contributed by atoms with Crippen molar-refractivity contribution in [2.24, 2.45) is 5.73 Å². The van der Waals surface area contributed by atoms with Crippen molar-refractivity contribution >= 4 is 0 Å². The first-order valence-electron chi connectivity index (χ1n) is 5.86. The molecule has 0 aromatic carbocycles. The molecule has 1 unspecified atom stereocenters. The van der Waals surface area contributed by atoms with Crippen LogP contribution in [-0.4, -0.2) is 30.8 Å². The number of aromatic nitrogens is 1. The fourth-order valence-electron chi connectivity index (χ4n) is 1.42. The molecule has 4 nitrogen and oxygen atoms in total. The number of nitrogens with zero attached hydrogens (tertiary/aromatic N) is 1. The van der Waals surface area contributed by atoms with Crippen molar-refractivity contribution in [2.45, 2.75) is 32.0 Å². The molecule has 0 spiro atoms. The van der Waals surface area contributed by atoms with Crippen molar-refractivity contribution in [3.63, 3.8) is 0 Å². The van der Waals surface area contributed by atoms with E-state index < -0.39 is 0 Å². The summed E-state index contributed by atoms with van der Waals surface area (Å²) in [6.45, 7) is 5.16. The van der Waals surface area contributed by atoms with Gasteiger partial charge in [-0.2, -0.15) is 0 Å². The molecule has 17 heavy (non-hydrogen) atoms. The molecule has 1 aromatic rings. The van der Waals surface area contributed by atoms with Gasteiger partial charge in [-0.25, -0.2) is 0 Å². The Morgan fingerprint density at radius 2 is 2.24 bits per heavy atom. The fraction of sp³-hybridized carbons (Fsp3) is 0.615. The van der Waals surface area contributed by atoms with Crippen LogP contribution in [-0.2, 0) is 9.47 Å². The number of hydrogen-bond donors (Lipinski definition) is 1. The fourth-order valence-corrected chi connectivity index (χ4v) is 1.42. The second kappa shape index (κ2) is 6.69. The Labute approximate surface area is 103 Å². The first-order chi connectivity index (χ1) is 8.09. The van der Waals surface area contributed by atoms with E-state index in [9.17, 15) is 0 Å². The predicted molar refractivity (Wildman–Crippen MR) is 67.7 cm³/mol. The van der Waals surface area contributed by atoms with Gasteiger partial charge in [0.1, 0.15) is 0 Å². The van der Waals surface area contributed by atoms with Crippen molar-refractivity contribution in [3.8, 4) is 0 Å².